The standard InChI is InChI=1S/C22H33NO5Si/c1-9-22-15-13-17(27-6)16(26-5)12-14(15)10-11-23(22)20(25)18(19(22)24)28-29(7,8)21(2,3)4/h9,12-13,18-19,24H,1,10-11H2,2-8H3/t18-,19-,22+/m1/s1. The molecule has 0 bridgehead atoms. The largest absolute Gasteiger partial charge is 0.493 e. The van der Waals surface area contributed by atoms with Crippen LogP contribution in [0.5, 0.6) is 11.5 Å². The predicted octanol–water partition coefficient (Wildman–Crippen LogP) is 3.23. The third kappa shape index (κ3) is 3.10. The topological polar surface area (TPSA) is 68.2 Å². The highest BCUT2D eigenvalue weighted by Crippen LogP contribution is 2.50. The molecule has 1 fully saturated rings. The fraction of sp³-hybridized carbons (Fsp3) is 0.591. The Morgan fingerprint density at radius 2 is 1.83 bits per heavy atom. The van der Waals surface area contributed by atoms with Gasteiger partial charge in [0.05, 0.1) is 14.2 Å². The van der Waals surface area contributed by atoms with Crippen LogP contribution < -0.4 is 9.47 Å². The zero-order valence-electron chi connectivity index (χ0n) is 18.5. The van der Waals surface area contributed by atoms with E-state index in [1.165, 1.54) is 0 Å². The van der Waals surface area contributed by atoms with Crippen LogP contribution in [0.1, 0.15) is 31.9 Å². The lowest BCUT2D eigenvalue weighted by molar-refractivity contribution is -0.136. The molecule has 7 heteroatoms. The lowest BCUT2D eigenvalue weighted by atomic mass is 9.78. The van der Waals surface area contributed by atoms with E-state index in [-0.39, 0.29) is 10.9 Å². The Kier molecular flexibility index (Phi) is 5.39. The molecule has 1 N–H and O–H groups in total. The number of carbonyl (C=O) groups is 1. The van der Waals surface area contributed by atoms with Crippen molar-refractivity contribution in [3.8, 4) is 11.5 Å². The maximum absolute atomic E-state index is 13.4. The Bertz CT molecular complexity index is 831. The van der Waals surface area contributed by atoms with Crippen LogP contribution in [0.15, 0.2) is 24.8 Å². The van der Waals surface area contributed by atoms with Crippen LogP contribution in [-0.4, -0.2) is 57.2 Å². The van der Waals surface area contributed by atoms with E-state index >= 15 is 0 Å². The number of rotatable bonds is 5. The van der Waals surface area contributed by atoms with Crippen LogP contribution in [0.25, 0.3) is 0 Å². The maximum atomic E-state index is 13.4. The molecule has 160 valence electrons. The van der Waals surface area contributed by atoms with Crippen molar-refractivity contribution in [1.82, 2.24) is 4.90 Å². The van der Waals surface area contributed by atoms with Crippen LogP contribution in [0.4, 0.5) is 0 Å². The molecule has 3 rings (SSSR count). The van der Waals surface area contributed by atoms with Gasteiger partial charge in [-0.25, -0.2) is 0 Å². The molecule has 1 amide bonds. The molecule has 0 spiro atoms. The molecular weight excluding hydrogens is 386 g/mol. The number of aliphatic hydroxyl groups is 1. The number of amides is 1. The van der Waals surface area contributed by atoms with Crippen molar-refractivity contribution in [2.75, 3.05) is 20.8 Å². The van der Waals surface area contributed by atoms with E-state index in [2.05, 4.69) is 40.4 Å². The summed E-state index contributed by atoms with van der Waals surface area (Å²) in [5.41, 5.74) is 0.786. The summed E-state index contributed by atoms with van der Waals surface area (Å²) in [4.78, 5) is 15.1. The van der Waals surface area contributed by atoms with Gasteiger partial charge in [-0.05, 0) is 47.8 Å². The SMILES string of the molecule is C=C[C@@]12c3cc(OC)c(OC)cc3CCN1C(=O)[C@H](O[Si](C)(C)C(C)(C)C)[C@H]2O. The molecule has 29 heavy (non-hydrogen) atoms. The first-order valence-electron chi connectivity index (χ1n) is 10.0. The fourth-order valence-corrected chi connectivity index (χ4v) is 5.36. The van der Waals surface area contributed by atoms with Gasteiger partial charge in [-0.15, -0.1) is 6.58 Å². The van der Waals surface area contributed by atoms with Crippen LogP contribution in [0.3, 0.4) is 0 Å². The van der Waals surface area contributed by atoms with E-state index < -0.39 is 26.1 Å². The van der Waals surface area contributed by atoms with Gasteiger partial charge in [-0.1, -0.05) is 26.8 Å². The number of methoxy groups -OCH3 is 2. The first-order valence-corrected chi connectivity index (χ1v) is 12.9. The van der Waals surface area contributed by atoms with Crippen molar-refractivity contribution < 1.29 is 23.8 Å². The summed E-state index contributed by atoms with van der Waals surface area (Å²) < 4.78 is 17.3. The first kappa shape index (κ1) is 21.9. The summed E-state index contributed by atoms with van der Waals surface area (Å²) in [5, 5.41) is 11.4. The maximum Gasteiger partial charge on any atom is 0.254 e. The molecule has 3 atom stereocenters. The van der Waals surface area contributed by atoms with Gasteiger partial charge >= 0.3 is 0 Å². The number of fused-ring (bicyclic) bond motifs is 3. The summed E-state index contributed by atoms with van der Waals surface area (Å²) >= 11 is 0. The molecule has 1 saturated heterocycles. The van der Waals surface area contributed by atoms with E-state index in [1.807, 2.05) is 12.1 Å². The number of aliphatic hydroxyl groups excluding tert-OH is 1. The molecule has 0 saturated carbocycles. The normalized spacial score (nSPS) is 26.8. The van der Waals surface area contributed by atoms with E-state index in [9.17, 15) is 9.90 Å². The lowest BCUT2D eigenvalue weighted by Gasteiger charge is -2.43. The zero-order valence-corrected chi connectivity index (χ0v) is 19.5. The zero-order chi connectivity index (χ0) is 21.8. The minimum atomic E-state index is -2.27. The Balaban J connectivity index is 2.12. The van der Waals surface area contributed by atoms with Crippen molar-refractivity contribution in [3.05, 3.63) is 35.9 Å². The number of nitrogens with zero attached hydrogens (tertiary/aromatic N) is 1. The number of carbonyl (C=O) groups excluding carboxylic acids is 1. The number of ether oxygens (including phenoxy) is 2. The van der Waals surface area contributed by atoms with Crippen molar-refractivity contribution in [1.29, 1.82) is 0 Å². The average Bonchev–Trinajstić information content (AvgIpc) is 2.87. The van der Waals surface area contributed by atoms with Crippen molar-refractivity contribution in [2.45, 2.75) is 63.1 Å². The third-order valence-corrected chi connectivity index (χ3v) is 11.3. The van der Waals surface area contributed by atoms with E-state index in [0.717, 1.165) is 11.1 Å². The molecule has 0 radical (unpaired) electrons. The van der Waals surface area contributed by atoms with E-state index in [0.29, 0.717) is 24.5 Å². The molecule has 1 aromatic rings. The highest BCUT2D eigenvalue weighted by molar-refractivity contribution is 6.74. The molecule has 1 aromatic carbocycles. The first-order chi connectivity index (χ1) is 13.4. The molecule has 0 aromatic heterocycles. The van der Waals surface area contributed by atoms with Gasteiger partial charge in [0.25, 0.3) is 5.91 Å². The highest BCUT2D eigenvalue weighted by Gasteiger charge is 2.61. The van der Waals surface area contributed by atoms with Crippen LogP contribution in [-0.2, 0) is 21.2 Å². The van der Waals surface area contributed by atoms with E-state index in [1.54, 1.807) is 25.2 Å². The van der Waals surface area contributed by atoms with Gasteiger partial charge in [0, 0.05) is 6.54 Å². The summed E-state index contributed by atoms with van der Waals surface area (Å²) in [6.07, 6.45) is 0.372. The number of benzene rings is 1. The molecule has 0 unspecified atom stereocenters. The van der Waals surface area contributed by atoms with Crippen molar-refractivity contribution in [2.24, 2.45) is 0 Å². The Morgan fingerprint density at radius 1 is 1.24 bits per heavy atom. The van der Waals surface area contributed by atoms with Gasteiger partial charge in [0.1, 0.15) is 11.6 Å². The fourth-order valence-electron chi connectivity index (χ4n) is 4.14. The Morgan fingerprint density at radius 3 is 2.34 bits per heavy atom. The highest BCUT2D eigenvalue weighted by atomic mass is 28.4. The van der Waals surface area contributed by atoms with Crippen LogP contribution >= 0.6 is 0 Å². The monoisotopic (exact) mass is 419 g/mol. The van der Waals surface area contributed by atoms with Crippen molar-refractivity contribution >= 4 is 14.2 Å². The Labute approximate surface area is 174 Å². The molecule has 2 aliphatic rings. The Hall–Kier alpha value is -1.83. The summed E-state index contributed by atoms with van der Waals surface area (Å²) in [6.45, 7) is 15.0. The van der Waals surface area contributed by atoms with Gasteiger partial charge in [0.15, 0.2) is 25.9 Å². The quantitative estimate of drug-likeness (QED) is 0.586. The van der Waals surface area contributed by atoms with Crippen LogP contribution in [0.2, 0.25) is 18.1 Å². The second-order valence-corrected chi connectivity index (χ2v) is 14.1. The average molecular weight is 420 g/mol. The summed E-state index contributed by atoms with van der Waals surface area (Å²) in [5.74, 6) is 1.01. The van der Waals surface area contributed by atoms with Gasteiger partial charge in [0.2, 0.25) is 0 Å². The van der Waals surface area contributed by atoms with Gasteiger partial charge < -0.3 is 23.9 Å². The number of hydrogen-bond donors (Lipinski definition) is 1. The summed E-state index contributed by atoms with van der Waals surface area (Å²) in [7, 11) is 0.897. The second-order valence-electron chi connectivity index (χ2n) is 9.38. The van der Waals surface area contributed by atoms with Gasteiger partial charge in [-0.3, -0.25) is 4.79 Å². The van der Waals surface area contributed by atoms with Crippen molar-refractivity contribution in [3.63, 3.8) is 0 Å². The minimum absolute atomic E-state index is 0.0774. The summed E-state index contributed by atoms with van der Waals surface area (Å²) in [6, 6.07) is 3.78. The molecular formula is C22H33NO5Si. The molecule has 2 heterocycles. The number of hydrogen-bond acceptors (Lipinski definition) is 5. The van der Waals surface area contributed by atoms with Crippen LogP contribution in [0, 0.1) is 0 Å². The minimum Gasteiger partial charge on any atom is -0.493 e. The third-order valence-electron chi connectivity index (χ3n) is 6.88. The molecule has 6 nitrogen and oxygen atoms in total. The van der Waals surface area contributed by atoms with E-state index in [4.69, 9.17) is 13.9 Å². The molecule has 0 aliphatic carbocycles. The lowest BCUT2D eigenvalue weighted by Crippen LogP contribution is -2.52. The predicted molar refractivity (Wildman–Crippen MR) is 115 cm³/mol. The smallest absolute Gasteiger partial charge is 0.254 e. The van der Waals surface area contributed by atoms with Gasteiger partial charge in [-0.2, -0.15) is 0 Å². The molecule has 2 aliphatic heterocycles. The second kappa shape index (κ2) is 7.14.